The number of carbonyl (C=O) groups is 4. The number of esters is 1. The predicted octanol–water partition coefficient (Wildman–Crippen LogP) is 1.91. The summed E-state index contributed by atoms with van der Waals surface area (Å²) < 4.78 is 5.15. The molecule has 2 aliphatic rings. The molecule has 1 N–H and O–H groups in total. The number of rotatable bonds is 5. The Hall–Kier alpha value is -2.70. The van der Waals surface area contributed by atoms with Crippen LogP contribution in [-0.2, 0) is 14.3 Å². The Kier molecular flexibility index (Phi) is 5.58. The van der Waals surface area contributed by atoms with Crippen LogP contribution < -0.4 is 5.32 Å². The van der Waals surface area contributed by atoms with Crippen molar-refractivity contribution in [1.82, 2.24) is 10.2 Å². The van der Waals surface area contributed by atoms with E-state index in [1.807, 2.05) is 0 Å². The average Bonchev–Trinajstić information content (AvgIpc) is 2.89. The van der Waals surface area contributed by atoms with Crippen LogP contribution in [-0.4, -0.2) is 47.3 Å². The highest BCUT2D eigenvalue weighted by atomic mass is 16.5. The van der Waals surface area contributed by atoms with E-state index in [-0.39, 0.29) is 23.1 Å². The second-order valence-electron chi connectivity index (χ2n) is 7.25. The number of ether oxygens (including phenoxy) is 1. The molecule has 3 amide bonds. The summed E-state index contributed by atoms with van der Waals surface area (Å²) in [6.45, 7) is 3.08. The van der Waals surface area contributed by atoms with Crippen LogP contribution in [0.25, 0.3) is 0 Å². The first-order valence-corrected chi connectivity index (χ1v) is 9.33. The van der Waals surface area contributed by atoms with Gasteiger partial charge >= 0.3 is 5.97 Å². The summed E-state index contributed by atoms with van der Waals surface area (Å²) in [6, 6.07) is 6.49. The van der Waals surface area contributed by atoms with Crippen molar-refractivity contribution in [1.29, 1.82) is 0 Å². The van der Waals surface area contributed by atoms with E-state index < -0.39 is 30.4 Å². The van der Waals surface area contributed by atoms with Crippen LogP contribution in [0.5, 0.6) is 0 Å². The van der Waals surface area contributed by atoms with Crippen LogP contribution in [0.4, 0.5) is 0 Å². The Morgan fingerprint density at radius 1 is 1.15 bits per heavy atom. The zero-order valence-corrected chi connectivity index (χ0v) is 15.6. The maximum Gasteiger partial charge on any atom is 0.326 e. The van der Waals surface area contributed by atoms with Gasteiger partial charge in [-0.25, -0.2) is 0 Å². The molecule has 3 atom stereocenters. The fourth-order valence-corrected chi connectivity index (χ4v) is 3.63. The molecule has 1 heterocycles. The molecule has 0 unspecified atom stereocenters. The summed E-state index contributed by atoms with van der Waals surface area (Å²) in [4.78, 5) is 49.9. The van der Waals surface area contributed by atoms with Gasteiger partial charge in [-0.05, 0) is 37.8 Å². The molecule has 7 nitrogen and oxygen atoms in total. The Bertz CT molecular complexity index is 740. The molecule has 3 rings (SSSR count). The van der Waals surface area contributed by atoms with Gasteiger partial charge in [0.15, 0.2) is 6.10 Å². The number of hydrogen-bond acceptors (Lipinski definition) is 5. The number of nitrogens with one attached hydrogen (secondary N) is 1. The molecule has 1 aromatic rings. The molecule has 0 radical (unpaired) electrons. The number of hydrogen-bond donors (Lipinski definition) is 1. The number of benzene rings is 1. The van der Waals surface area contributed by atoms with Crippen LogP contribution in [0, 0.1) is 5.92 Å². The summed E-state index contributed by atoms with van der Waals surface area (Å²) >= 11 is 0. The molecular weight excluding hydrogens is 348 g/mol. The first kappa shape index (κ1) is 19.1. The van der Waals surface area contributed by atoms with Crippen molar-refractivity contribution in [2.45, 2.75) is 51.7 Å². The Morgan fingerprint density at radius 2 is 1.74 bits per heavy atom. The lowest BCUT2D eigenvalue weighted by molar-refractivity contribution is -0.155. The van der Waals surface area contributed by atoms with E-state index in [1.165, 1.54) is 13.3 Å². The van der Waals surface area contributed by atoms with Crippen molar-refractivity contribution in [2.24, 2.45) is 5.92 Å². The molecule has 0 aromatic heterocycles. The van der Waals surface area contributed by atoms with Gasteiger partial charge in [0.25, 0.3) is 17.7 Å². The average molecular weight is 372 g/mol. The van der Waals surface area contributed by atoms with Crippen LogP contribution in [0.3, 0.4) is 0 Å². The highest BCUT2D eigenvalue weighted by Crippen LogP contribution is 2.24. The lowest BCUT2D eigenvalue weighted by Gasteiger charge is -2.30. The van der Waals surface area contributed by atoms with Crippen molar-refractivity contribution in [2.75, 3.05) is 6.54 Å². The Morgan fingerprint density at radius 3 is 2.33 bits per heavy atom. The van der Waals surface area contributed by atoms with Crippen molar-refractivity contribution < 1.29 is 23.9 Å². The normalized spacial score (nSPS) is 23.0. The van der Waals surface area contributed by atoms with Gasteiger partial charge in [-0.2, -0.15) is 0 Å². The van der Waals surface area contributed by atoms with E-state index in [0.717, 1.165) is 24.2 Å². The highest BCUT2D eigenvalue weighted by Gasteiger charge is 2.37. The van der Waals surface area contributed by atoms with Gasteiger partial charge in [0.2, 0.25) is 0 Å². The monoisotopic (exact) mass is 372 g/mol. The maximum absolute atomic E-state index is 12.3. The minimum absolute atomic E-state index is 0.0867. The number of imide groups is 1. The third-order valence-electron chi connectivity index (χ3n) is 5.28. The first-order chi connectivity index (χ1) is 12.9. The van der Waals surface area contributed by atoms with Crippen LogP contribution in [0.15, 0.2) is 24.3 Å². The zero-order valence-electron chi connectivity index (χ0n) is 15.6. The molecule has 1 aliphatic heterocycles. The quantitative estimate of drug-likeness (QED) is 0.630. The summed E-state index contributed by atoms with van der Waals surface area (Å²) in [5.74, 6) is -1.81. The van der Waals surface area contributed by atoms with Gasteiger partial charge < -0.3 is 10.1 Å². The fourth-order valence-electron chi connectivity index (χ4n) is 3.63. The zero-order chi connectivity index (χ0) is 19.6. The molecular formula is C20H24N2O5. The van der Waals surface area contributed by atoms with Crippen LogP contribution >= 0.6 is 0 Å². The van der Waals surface area contributed by atoms with Gasteiger partial charge in [0.1, 0.15) is 6.54 Å². The summed E-state index contributed by atoms with van der Waals surface area (Å²) in [7, 11) is 0. The van der Waals surface area contributed by atoms with Gasteiger partial charge in [-0.3, -0.25) is 24.1 Å². The molecule has 1 aromatic carbocycles. The molecule has 0 saturated heterocycles. The van der Waals surface area contributed by atoms with Gasteiger partial charge in [0, 0.05) is 6.04 Å². The van der Waals surface area contributed by atoms with Crippen LogP contribution in [0.2, 0.25) is 0 Å². The van der Waals surface area contributed by atoms with Gasteiger partial charge in [-0.1, -0.05) is 31.9 Å². The van der Waals surface area contributed by atoms with E-state index in [4.69, 9.17) is 4.74 Å². The predicted molar refractivity (Wildman–Crippen MR) is 96.9 cm³/mol. The molecule has 1 saturated carbocycles. The molecule has 0 bridgehead atoms. The third kappa shape index (κ3) is 4.02. The summed E-state index contributed by atoms with van der Waals surface area (Å²) in [5.41, 5.74) is 0.541. The van der Waals surface area contributed by atoms with E-state index in [1.54, 1.807) is 24.3 Å². The van der Waals surface area contributed by atoms with Crippen molar-refractivity contribution in [3.8, 4) is 0 Å². The number of nitrogens with zero attached hydrogens (tertiary/aromatic N) is 1. The molecule has 1 aliphatic carbocycles. The summed E-state index contributed by atoms with van der Waals surface area (Å²) in [6.07, 6.45) is 3.24. The smallest absolute Gasteiger partial charge is 0.326 e. The Labute approximate surface area is 158 Å². The van der Waals surface area contributed by atoms with E-state index >= 15 is 0 Å². The van der Waals surface area contributed by atoms with Crippen molar-refractivity contribution in [3.05, 3.63) is 35.4 Å². The maximum atomic E-state index is 12.3. The van der Waals surface area contributed by atoms with Crippen molar-refractivity contribution in [3.63, 3.8) is 0 Å². The minimum Gasteiger partial charge on any atom is -0.451 e. The highest BCUT2D eigenvalue weighted by molar-refractivity contribution is 6.22. The van der Waals surface area contributed by atoms with Gasteiger partial charge in [-0.15, -0.1) is 0 Å². The largest absolute Gasteiger partial charge is 0.451 e. The van der Waals surface area contributed by atoms with Crippen LogP contribution in [0.1, 0.15) is 60.2 Å². The number of fused-ring (bicyclic) bond motifs is 1. The molecule has 144 valence electrons. The van der Waals surface area contributed by atoms with E-state index in [9.17, 15) is 19.2 Å². The second-order valence-corrected chi connectivity index (χ2v) is 7.25. The fraction of sp³-hybridized carbons (Fsp3) is 0.500. The van der Waals surface area contributed by atoms with Crippen molar-refractivity contribution >= 4 is 23.7 Å². The number of carbonyl (C=O) groups excluding carboxylic acids is 4. The molecule has 1 fully saturated rings. The lowest BCUT2D eigenvalue weighted by Crippen LogP contribution is -2.46. The SMILES string of the molecule is C[C@H](OC(=O)CN1C(=O)c2ccccc2C1=O)C(=O)N[C@H]1CCCC[C@H]1C. The van der Waals surface area contributed by atoms with E-state index in [2.05, 4.69) is 12.2 Å². The van der Waals surface area contributed by atoms with E-state index in [0.29, 0.717) is 5.92 Å². The molecule has 7 heteroatoms. The first-order valence-electron chi connectivity index (χ1n) is 9.33. The summed E-state index contributed by atoms with van der Waals surface area (Å²) in [5, 5.41) is 2.94. The molecule has 0 spiro atoms. The standard InChI is InChI=1S/C20H24N2O5/c1-12-7-3-6-10-16(12)21-18(24)13(2)27-17(23)11-22-19(25)14-8-4-5-9-15(14)20(22)26/h4-5,8-9,12-13,16H,3,6-7,10-11H2,1-2H3,(H,21,24)/t12-,13+,16+/m1/s1. The minimum atomic E-state index is -0.984. The molecule has 27 heavy (non-hydrogen) atoms. The Balaban J connectivity index is 1.54. The topological polar surface area (TPSA) is 92.8 Å². The lowest BCUT2D eigenvalue weighted by atomic mass is 9.86. The number of amides is 3. The second kappa shape index (κ2) is 7.90. The third-order valence-corrected chi connectivity index (χ3v) is 5.28. The van der Waals surface area contributed by atoms with Gasteiger partial charge in [0.05, 0.1) is 11.1 Å².